The lowest BCUT2D eigenvalue weighted by Crippen LogP contribution is -2.44. The van der Waals surface area contributed by atoms with Gasteiger partial charge in [-0.25, -0.2) is 14.8 Å². The molecule has 11 nitrogen and oxygen atoms in total. The van der Waals surface area contributed by atoms with Crippen molar-refractivity contribution in [1.82, 2.24) is 14.9 Å². The van der Waals surface area contributed by atoms with Gasteiger partial charge in [-0.05, 0) is 88.2 Å². The maximum atomic E-state index is 13.4. The standard InChI is InChI=1S/C36H46N8O3/c1-3-44(36(45)37-26-6-10-27(11-7-26)41-18-16-40(2)17-19-41)28-8-4-25(5-9-28)35-38-33(42-21-29-12-13-30(22-42)46-29)20-34(39-35)43-23-31-14-15-32(24-43)47-31/h4-11,20,29-32H,3,12-19,21-24H2,1-2H3,(H,37,45). The van der Waals surface area contributed by atoms with Gasteiger partial charge < -0.3 is 34.4 Å². The molecule has 5 fully saturated rings. The zero-order valence-electron chi connectivity index (χ0n) is 27.6. The summed E-state index contributed by atoms with van der Waals surface area (Å²) in [6.07, 6.45) is 5.55. The number of rotatable bonds is 7. The fourth-order valence-electron chi connectivity index (χ4n) is 7.72. The van der Waals surface area contributed by atoms with Gasteiger partial charge >= 0.3 is 6.03 Å². The molecule has 4 unspecified atom stereocenters. The number of fused-ring (bicyclic) bond motifs is 4. The molecule has 2 amide bonds. The van der Waals surface area contributed by atoms with Gasteiger partial charge in [0, 0.05) is 87.6 Å². The highest BCUT2D eigenvalue weighted by Gasteiger charge is 2.37. The molecule has 6 heterocycles. The second-order valence-electron chi connectivity index (χ2n) is 13.7. The molecule has 47 heavy (non-hydrogen) atoms. The minimum Gasteiger partial charge on any atom is -0.371 e. The highest BCUT2D eigenvalue weighted by Crippen LogP contribution is 2.34. The highest BCUT2D eigenvalue weighted by molar-refractivity contribution is 6.01. The van der Waals surface area contributed by atoms with Crippen LogP contribution < -0.4 is 24.9 Å². The fraction of sp³-hybridized carbons (Fsp3) is 0.528. The number of hydrogen-bond donors (Lipinski definition) is 1. The molecule has 4 bridgehead atoms. The smallest absolute Gasteiger partial charge is 0.326 e. The van der Waals surface area contributed by atoms with Crippen molar-refractivity contribution in [2.24, 2.45) is 0 Å². The average Bonchev–Trinajstić information content (AvgIpc) is 3.63. The number of benzene rings is 2. The summed E-state index contributed by atoms with van der Waals surface area (Å²) in [7, 11) is 2.16. The average molecular weight is 639 g/mol. The maximum absolute atomic E-state index is 13.4. The Morgan fingerprint density at radius 2 is 1.30 bits per heavy atom. The van der Waals surface area contributed by atoms with Gasteiger partial charge in [-0.15, -0.1) is 0 Å². The molecule has 5 saturated heterocycles. The van der Waals surface area contributed by atoms with E-state index in [1.54, 1.807) is 4.90 Å². The molecule has 3 aromatic rings. The Morgan fingerprint density at radius 3 is 1.81 bits per heavy atom. The van der Waals surface area contributed by atoms with Crippen LogP contribution in [0.1, 0.15) is 32.6 Å². The minimum atomic E-state index is -0.156. The topological polar surface area (TPSA) is 89.5 Å². The van der Waals surface area contributed by atoms with E-state index in [2.05, 4.69) is 50.2 Å². The van der Waals surface area contributed by atoms with E-state index in [4.69, 9.17) is 19.4 Å². The SMILES string of the molecule is CCN(C(=O)Nc1ccc(N2CCN(C)CC2)cc1)c1ccc(-c2nc(N3CC4CCC(C3)O4)cc(N3CC4CCC(C3)O4)n2)cc1. The molecule has 1 N–H and O–H groups in total. The zero-order chi connectivity index (χ0) is 31.9. The van der Waals surface area contributed by atoms with Gasteiger partial charge in [-0.1, -0.05) is 0 Å². The summed E-state index contributed by atoms with van der Waals surface area (Å²) in [6.45, 7) is 10.1. The Bertz CT molecular complexity index is 1490. The van der Waals surface area contributed by atoms with Crippen LogP contribution in [0.4, 0.5) is 33.5 Å². The molecular weight excluding hydrogens is 592 g/mol. The molecule has 0 aliphatic carbocycles. The molecule has 248 valence electrons. The van der Waals surface area contributed by atoms with Crippen molar-refractivity contribution in [1.29, 1.82) is 0 Å². The number of likely N-dealkylation sites (N-methyl/N-ethyl adjacent to an activating group) is 1. The molecule has 5 aliphatic rings. The van der Waals surface area contributed by atoms with E-state index < -0.39 is 0 Å². The molecule has 11 heteroatoms. The number of urea groups is 1. The summed E-state index contributed by atoms with van der Waals surface area (Å²) in [5.74, 6) is 2.62. The number of carbonyl (C=O) groups is 1. The van der Waals surface area contributed by atoms with Crippen LogP contribution in [0, 0.1) is 0 Å². The maximum Gasteiger partial charge on any atom is 0.326 e. The number of morpholine rings is 2. The number of ether oxygens (including phenoxy) is 2. The number of nitrogens with one attached hydrogen (secondary N) is 1. The Morgan fingerprint density at radius 1 is 0.766 bits per heavy atom. The highest BCUT2D eigenvalue weighted by atomic mass is 16.5. The second kappa shape index (κ2) is 12.9. The number of hydrogen-bond acceptors (Lipinski definition) is 9. The predicted molar refractivity (Wildman–Crippen MR) is 186 cm³/mol. The first kappa shape index (κ1) is 30.4. The van der Waals surface area contributed by atoms with Crippen LogP contribution >= 0.6 is 0 Å². The van der Waals surface area contributed by atoms with Crippen LogP contribution in [0.5, 0.6) is 0 Å². The monoisotopic (exact) mass is 638 g/mol. The lowest BCUT2D eigenvalue weighted by atomic mass is 10.1. The van der Waals surface area contributed by atoms with Crippen molar-refractivity contribution in [3.63, 3.8) is 0 Å². The third-order valence-electron chi connectivity index (χ3n) is 10.4. The van der Waals surface area contributed by atoms with Gasteiger partial charge in [0.25, 0.3) is 0 Å². The van der Waals surface area contributed by atoms with Crippen molar-refractivity contribution in [3.8, 4) is 11.4 Å². The summed E-state index contributed by atoms with van der Waals surface area (Å²) in [6, 6.07) is 18.2. The van der Waals surface area contributed by atoms with Crippen LogP contribution in [0.15, 0.2) is 54.6 Å². The zero-order valence-corrected chi connectivity index (χ0v) is 27.6. The lowest BCUT2D eigenvalue weighted by molar-refractivity contribution is 0.0299. The van der Waals surface area contributed by atoms with E-state index >= 15 is 0 Å². The van der Waals surface area contributed by atoms with Crippen LogP contribution in [-0.2, 0) is 9.47 Å². The van der Waals surface area contributed by atoms with Crippen LogP contribution in [-0.4, -0.2) is 111 Å². The van der Waals surface area contributed by atoms with Crippen molar-refractivity contribution in [2.45, 2.75) is 57.0 Å². The first-order valence-corrected chi connectivity index (χ1v) is 17.4. The number of aromatic nitrogens is 2. The Hall–Kier alpha value is -3.93. The normalized spacial score (nSPS) is 25.7. The second-order valence-corrected chi connectivity index (χ2v) is 13.7. The largest absolute Gasteiger partial charge is 0.371 e. The van der Waals surface area contributed by atoms with Crippen molar-refractivity contribution < 1.29 is 14.3 Å². The molecule has 0 radical (unpaired) electrons. The number of carbonyl (C=O) groups excluding carboxylic acids is 1. The molecule has 0 saturated carbocycles. The number of piperazine rings is 1. The van der Waals surface area contributed by atoms with Gasteiger partial charge in [0.05, 0.1) is 24.4 Å². The molecule has 0 spiro atoms. The van der Waals surface area contributed by atoms with Crippen molar-refractivity contribution in [3.05, 3.63) is 54.6 Å². The van der Waals surface area contributed by atoms with E-state index in [1.807, 2.05) is 43.3 Å². The van der Waals surface area contributed by atoms with Crippen molar-refractivity contribution >= 4 is 34.7 Å². The Balaban J connectivity index is 0.997. The predicted octanol–water partition coefficient (Wildman–Crippen LogP) is 4.69. The molecule has 4 atom stereocenters. The molecule has 1 aromatic heterocycles. The molecule has 5 aliphatic heterocycles. The summed E-state index contributed by atoms with van der Waals surface area (Å²) >= 11 is 0. The van der Waals surface area contributed by atoms with Gasteiger partial charge in [0.2, 0.25) is 0 Å². The van der Waals surface area contributed by atoms with E-state index in [0.29, 0.717) is 12.4 Å². The Kier molecular flexibility index (Phi) is 8.37. The summed E-state index contributed by atoms with van der Waals surface area (Å²) < 4.78 is 12.3. The van der Waals surface area contributed by atoms with Gasteiger partial charge in [-0.2, -0.15) is 0 Å². The van der Waals surface area contributed by atoms with E-state index in [1.165, 1.54) is 5.69 Å². The van der Waals surface area contributed by atoms with Gasteiger partial charge in [-0.3, -0.25) is 4.90 Å². The third kappa shape index (κ3) is 6.48. The Labute approximate surface area is 277 Å². The molecule has 2 aromatic carbocycles. The van der Waals surface area contributed by atoms with E-state index in [-0.39, 0.29) is 30.4 Å². The van der Waals surface area contributed by atoms with E-state index in [9.17, 15) is 4.79 Å². The van der Waals surface area contributed by atoms with Gasteiger partial charge in [0.1, 0.15) is 11.6 Å². The van der Waals surface area contributed by atoms with E-state index in [0.717, 1.165) is 107 Å². The number of nitrogens with zero attached hydrogens (tertiary/aromatic N) is 7. The summed E-state index contributed by atoms with van der Waals surface area (Å²) in [4.78, 5) is 34.9. The quantitative estimate of drug-likeness (QED) is 0.396. The fourth-order valence-corrected chi connectivity index (χ4v) is 7.72. The summed E-state index contributed by atoms with van der Waals surface area (Å²) in [5.41, 5.74) is 3.73. The molecular formula is C36H46N8O3. The first-order chi connectivity index (χ1) is 23.0. The first-order valence-electron chi connectivity index (χ1n) is 17.4. The minimum absolute atomic E-state index is 0.156. The van der Waals surface area contributed by atoms with Crippen LogP contribution in [0.2, 0.25) is 0 Å². The van der Waals surface area contributed by atoms with Crippen molar-refractivity contribution in [2.75, 3.05) is 90.9 Å². The summed E-state index contributed by atoms with van der Waals surface area (Å²) in [5, 5.41) is 3.09. The number of anilines is 5. The third-order valence-corrected chi connectivity index (χ3v) is 10.4. The number of amides is 2. The lowest BCUT2D eigenvalue weighted by Gasteiger charge is -2.35. The van der Waals surface area contributed by atoms with Crippen LogP contribution in [0.3, 0.4) is 0 Å². The van der Waals surface area contributed by atoms with Crippen LogP contribution in [0.25, 0.3) is 11.4 Å². The molecule has 8 rings (SSSR count). The van der Waals surface area contributed by atoms with Gasteiger partial charge in [0.15, 0.2) is 5.82 Å².